The second kappa shape index (κ2) is 5.14. The summed E-state index contributed by atoms with van der Waals surface area (Å²) < 4.78 is 5.04. The largest absolute Gasteiger partial charge is 0.384 e. The summed E-state index contributed by atoms with van der Waals surface area (Å²) >= 11 is 0. The fraction of sp³-hybridized carbons (Fsp3) is 0.286. The van der Waals surface area contributed by atoms with E-state index >= 15 is 0 Å². The Morgan fingerprint density at radius 2 is 1.94 bits per heavy atom. The molecule has 0 aliphatic rings. The summed E-state index contributed by atoms with van der Waals surface area (Å²) in [6.45, 7) is 4.50. The van der Waals surface area contributed by atoms with Crippen molar-refractivity contribution in [1.82, 2.24) is 9.97 Å². The van der Waals surface area contributed by atoms with Crippen LogP contribution in [0.4, 0.5) is 5.82 Å². The van der Waals surface area contributed by atoms with Crippen molar-refractivity contribution >= 4 is 5.82 Å². The van der Waals surface area contributed by atoms with Gasteiger partial charge in [-0.25, -0.2) is 9.97 Å². The topological polar surface area (TPSA) is 61.0 Å². The second-order valence-electron chi connectivity index (χ2n) is 4.35. The fourth-order valence-electron chi connectivity index (χ4n) is 1.95. The molecule has 2 rings (SSSR count). The third-order valence-corrected chi connectivity index (χ3v) is 2.72. The van der Waals surface area contributed by atoms with Gasteiger partial charge >= 0.3 is 0 Å². The number of aryl methyl sites for hydroxylation is 2. The van der Waals surface area contributed by atoms with Crippen LogP contribution in [0.3, 0.4) is 0 Å². The first-order valence-electron chi connectivity index (χ1n) is 5.80. The molecule has 2 N–H and O–H groups in total. The highest BCUT2D eigenvalue weighted by molar-refractivity contribution is 5.66. The molecule has 1 heterocycles. The number of nitrogen functional groups attached to an aromatic ring is 1. The van der Waals surface area contributed by atoms with Crippen LogP contribution in [0.2, 0.25) is 0 Å². The van der Waals surface area contributed by atoms with Crippen molar-refractivity contribution in [2.75, 3.05) is 12.8 Å². The molecular formula is C14H17N3O. The van der Waals surface area contributed by atoms with Crippen molar-refractivity contribution in [2.24, 2.45) is 0 Å². The Balaban J connectivity index is 2.49. The van der Waals surface area contributed by atoms with E-state index in [0.29, 0.717) is 18.2 Å². The number of aromatic nitrogens is 2. The minimum absolute atomic E-state index is 0.364. The summed E-state index contributed by atoms with van der Waals surface area (Å²) in [6.07, 6.45) is 0. The zero-order valence-electron chi connectivity index (χ0n) is 10.9. The van der Waals surface area contributed by atoms with E-state index in [4.69, 9.17) is 10.5 Å². The average molecular weight is 243 g/mol. The molecule has 0 bridgehead atoms. The minimum Gasteiger partial charge on any atom is -0.384 e. The summed E-state index contributed by atoms with van der Waals surface area (Å²) in [5, 5.41) is 0. The Labute approximate surface area is 107 Å². The van der Waals surface area contributed by atoms with E-state index in [1.165, 1.54) is 11.1 Å². The number of methoxy groups -OCH3 is 1. The molecule has 0 saturated heterocycles. The van der Waals surface area contributed by atoms with E-state index in [0.717, 1.165) is 11.3 Å². The summed E-state index contributed by atoms with van der Waals surface area (Å²) in [5.41, 5.74) is 10.1. The van der Waals surface area contributed by atoms with Crippen LogP contribution in [-0.4, -0.2) is 17.1 Å². The van der Waals surface area contributed by atoms with Gasteiger partial charge in [0.05, 0.1) is 5.69 Å². The van der Waals surface area contributed by atoms with Crippen LogP contribution in [0.15, 0.2) is 24.3 Å². The van der Waals surface area contributed by atoms with E-state index in [1.54, 1.807) is 13.2 Å². The van der Waals surface area contributed by atoms with Gasteiger partial charge in [-0.15, -0.1) is 0 Å². The predicted octanol–water partition coefficient (Wildman–Crippen LogP) is 2.49. The van der Waals surface area contributed by atoms with Crippen molar-refractivity contribution in [3.8, 4) is 11.3 Å². The first-order valence-corrected chi connectivity index (χ1v) is 5.80. The lowest BCUT2D eigenvalue weighted by molar-refractivity contribution is 0.178. The van der Waals surface area contributed by atoms with Crippen LogP contribution < -0.4 is 5.73 Å². The van der Waals surface area contributed by atoms with Crippen LogP contribution >= 0.6 is 0 Å². The number of rotatable bonds is 3. The maximum Gasteiger partial charge on any atom is 0.157 e. The summed E-state index contributed by atoms with van der Waals surface area (Å²) in [4.78, 5) is 8.61. The Bertz CT molecular complexity index is 567. The SMILES string of the molecule is COCc1nc(N)cc(-c2ccc(C)cc2C)n1. The number of hydrogen-bond acceptors (Lipinski definition) is 4. The predicted molar refractivity (Wildman–Crippen MR) is 72.1 cm³/mol. The maximum absolute atomic E-state index is 5.80. The molecule has 0 spiro atoms. The third kappa shape index (κ3) is 2.65. The van der Waals surface area contributed by atoms with Gasteiger partial charge < -0.3 is 10.5 Å². The van der Waals surface area contributed by atoms with Crippen LogP contribution in [-0.2, 0) is 11.3 Å². The molecule has 94 valence electrons. The van der Waals surface area contributed by atoms with Crippen LogP contribution in [0.5, 0.6) is 0 Å². The molecule has 2 aromatic rings. The molecule has 0 atom stereocenters. The lowest BCUT2D eigenvalue weighted by Gasteiger charge is -2.08. The lowest BCUT2D eigenvalue weighted by atomic mass is 10.0. The Hall–Kier alpha value is -1.94. The molecule has 0 aliphatic carbocycles. The van der Waals surface area contributed by atoms with Gasteiger partial charge in [-0.3, -0.25) is 0 Å². The maximum atomic E-state index is 5.80. The smallest absolute Gasteiger partial charge is 0.157 e. The number of ether oxygens (including phenoxy) is 1. The Kier molecular flexibility index (Phi) is 3.58. The molecular weight excluding hydrogens is 226 g/mol. The summed E-state index contributed by atoms with van der Waals surface area (Å²) in [5.74, 6) is 1.07. The Morgan fingerprint density at radius 1 is 1.17 bits per heavy atom. The fourth-order valence-corrected chi connectivity index (χ4v) is 1.95. The third-order valence-electron chi connectivity index (χ3n) is 2.72. The number of nitrogens with two attached hydrogens (primary N) is 1. The summed E-state index contributed by atoms with van der Waals surface area (Å²) in [6, 6.07) is 8.04. The van der Waals surface area contributed by atoms with Gasteiger partial charge in [-0.05, 0) is 19.4 Å². The highest BCUT2D eigenvalue weighted by Crippen LogP contribution is 2.23. The first kappa shape index (κ1) is 12.5. The molecule has 4 heteroatoms. The number of hydrogen-bond donors (Lipinski definition) is 1. The highest BCUT2D eigenvalue weighted by atomic mass is 16.5. The van der Waals surface area contributed by atoms with E-state index < -0.39 is 0 Å². The van der Waals surface area contributed by atoms with Crippen molar-refractivity contribution in [3.63, 3.8) is 0 Å². The molecule has 0 unspecified atom stereocenters. The molecule has 1 aromatic heterocycles. The van der Waals surface area contributed by atoms with Gasteiger partial charge in [0.2, 0.25) is 0 Å². The van der Waals surface area contributed by atoms with Crippen LogP contribution in [0, 0.1) is 13.8 Å². The number of nitrogens with zero attached hydrogens (tertiary/aromatic N) is 2. The number of benzene rings is 1. The van der Waals surface area contributed by atoms with Crippen molar-refractivity contribution < 1.29 is 4.74 Å². The van der Waals surface area contributed by atoms with Gasteiger partial charge in [-0.2, -0.15) is 0 Å². The highest BCUT2D eigenvalue weighted by Gasteiger charge is 2.07. The Morgan fingerprint density at radius 3 is 2.61 bits per heavy atom. The van der Waals surface area contributed by atoms with E-state index in [9.17, 15) is 0 Å². The summed E-state index contributed by atoms with van der Waals surface area (Å²) in [7, 11) is 1.61. The lowest BCUT2D eigenvalue weighted by Crippen LogP contribution is -2.02. The molecule has 0 aliphatic heterocycles. The zero-order valence-corrected chi connectivity index (χ0v) is 10.9. The van der Waals surface area contributed by atoms with Gasteiger partial charge in [-0.1, -0.05) is 23.8 Å². The van der Waals surface area contributed by atoms with Crippen LogP contribution in [0.1, 0.15) is 17.0 Å². The second-order valence-corrected chi connectivity index (χ2v) is 4.35. The quantitative estimate of drug-likeness (QED) is 0.899. The molecule has 18 heavy (non-hydrogen) atoms. The van der Waals surface area contributed by atoms with E-state index in [-0.39, 0.29) is 0 Å². The molecule has 0 radical (unpaired) electrons. The standard InChI is InChI=1S/C14H17N3O/c1-9-4-5-11(10(2)6-9)12-7-13(15)17-14(16-12)8-18-3/h4-7H,8H2,1-3H3,(H2,15,16,17). The normalized spacial score (nSPS) is 10.6. The monoisotopic (exact) mass is 243 g/mol. The van der Waals surface area contributed by atoms with Crippen molar-refractivity contribution in [3.05, 3.63) is 41.2 Å². The molecule has 0 saturated carbocycles. The average Bonchev–Trinajstić information content (AvgIpc) is 2.28. The van der Waals surface area contributed by atoms with E-state index in [2.05, 4.69) is 42.0 Å². The minimum atomic E-state index is 0.364. The first-order chi connectivity index (χ1) is 8.60. The molecule has 1 aromatic carbocycles. The molecule has 0 fully saturated rings. The van der Waals surface area contributed by atoms with Gasteiger partial charge in [0.15, 0.2) is 5.82 Å². The van der Waals surface area contributed by atoms with Crippen molar-refractivity contribution in [2.45, 2.75) is 20.5 Å². The number of anilines is 1. The van der Waals surface area contributed by atoms with E-state index in [1.807, 2.05) is 0 Å². The van der Waals surface area contributed by atoms with Gasteiger partial charge in [0, 0.05) is 18.7 Å². The zero-order chi connectivity index (χ0) is 13.1. The molecule has 4 nitrogen and oxygen atoms in total. The van der Waals surface area contributed by atoms with Crippen molar-refractivity contribution in [1.29, 1.82) is 0 Å². The van der Waals surface area contributed by atoms with Gasteiger partial charge in [0.1, 0.15) is 12.4 Å². The molecule has 0 amide bonds. The van der Waals surface area contributed by atoms with Gasteiger partial charge in [0.25, 0.3) is 0 Å². The van der Waals surface area contributed by atoms with Crippen LogP contribution in [0.25, 0.3) is 11.3 Å².